The normalized spacial score (nSPS) is 17.0. The molecule has 0 spiro atoms. The standard InChI is InChI=1S/C22H23FN4O5S/c1-2-31-18-9-5-15(6-10-18)21-25-26-22(32-21)24-20(28)16-4-3-13-27(14-16)33(29,30)19-11-7-17(23)8-12-19/h5-12,16H,2-4,13-14H2,1H3,(H,24,26,28). The summed E-state index contributed by atoms with van der Waals surface area (Å²) in [7, 11) is -3.83. The summed E-state index contributed by atoms with van der Waals surface area (Å²) in [6.07, 6.45) is 1.03. The summed E-state index contributed by atoms with van der Waals surface area (Å²) in [4.78, 5) is 12.7. The van der Waals surface area contributed by atoms with Gasteiger partial charge >= 0.3 is 6.01 Å². The van der Waals surface area contributed by atoms with E-state index in [1.165, 1.54) is 16.4 Å². The van der Waals surface area contributed by atoms with Crippen LogP contribution in [0, 0.1) is 11.7 Å². The molecule has 1 aliphatic rings. The fourth-order valence-electron chi connectivity index (χ4n) is 3.59. The smallest absolute Gasteiger partial charge is 0.322 e. The van der Waals surface area contributed by atoms with E-state index in [9.17, 15) is 17.6 Å². The van der Waals surface area contributed by atoms with Crippen LogP contribution in [0.15, 0.2) is 57.8 Å². The molecule has 2 aromatic carbocycles. The number of hydrogen-bond acceptors (Lipinski definition) is 7. The number of carbonyl (C=O) groups excluding carboxylic acids is 1. The van der Waals surface area contributed by atoms with Gasteiger partial charge in [0, 0.05) is 18.7 Å². The molecule has 0 bridgehead atoms. The highest BCUT2D eigenvalue weighted by Gasteiger charge is 2.33. The van der Waals surface area contributed by atoms with Gasteiger partial charge in [-0.25, -0.2) is 12.8 Å². The van der Waals surface area contributed by atoms with Gasteiger partial charge in [-0.05, 0) is 68.3 Å². The van der Waals surface area contributed by atoms with E-state index in [1.807, 2.05) is 6.92 Å². The lowest BCUT2D eigenvalue weighted by Crippen LogP contribution is -2.43. The zero-order valence-corrected chi connectivity index (χ0v) is 18.7. The molecule has 174 valence electrons. The second kappa shape index (κ2) is 9.67. The van der Waals surface area contributed by atoms with Crippen molar-refractivity contribution >= 4 is 21.9 Å². The minimum atomic E-state index is -3.83. The first-order valence-corrected chi connectivity index (χ1v) is 11.9. The van der Waals surface area contributed by atoms with E-state index in [0.29, 0.717) is 30.8 Å². The van der Waals surface area contributed by atoms with Crippen LogP contribution in [0.2, 0.25) is 0 Å². The van der Waals surface area contributed by atoms with Crippen LogP contribution in [0.25, 0.3) is 11.5 Å². The lowest BCUT2D eigenvalue weighted by atomic mass is 9.99. The highest BCUT2D eigenvalue weighted by molar-refractivity contribution is 7.89. The number of benzene rings is 2. The molecule has 1 fully saturated rings. The predicted molar refractivity (Wildman–Crippen MR) is 117 cm³/mol. The van der Waals surface area contributed by atoms with E-state index in [1.54, 1.807) is 24.3 Å². The number of nitrogens with one attached hydrogen (secondary N) is 1. The highest BCUT2D eigenvalue weighted by Crippen LogP contribution is 2.26. The topological polar surface area (TPSA) is 115 Å². The van der Waals surface area contributed by atoms with Gasteiger partial charge in [0.1, 0.15) is 11.6 Å². The molecule has 1 saturated heterocycles. The Kier molecular flexibility index (Phi) is 6.70. The van der Waals surface area contributed by atoms with Gasteiger partial charge < -0.3 is 9.15 Å². The Labute approximate surface area is 190 Å². The number of sulfonamides is 1. The molecule has 1 unspecified atom stereocenters. The number of nitrogens with zero attached hydrogens (tertiary/aromatic N) is 3. The summed E-state index contributed by atoms with van der Waals surface area (Å²) in [6.45, 7) is 2.74. The molecule has 33 heavy (non-hydrogen) atoms. The van der Waals surface area contributed by atoms with Crippen LogP contribution in [-0.2, 0) is 14.8 Å². The zero-order valence-electron chi connectivity index (χ0n) is 17.9. The van der Waals surface area contributed by atoms with E-state index >= 15 is 0 Å². The number of aromatic nitrogens is 2. The van der Waals surface area contributed by atoms with E-state index in [0.717, 1.165) is 12.1 Å². The fraction of sp³-hybridized carbons (Fsp3) is 0.318. The third-order valence-electron chi connectivity index (χ3n) is 5.27. The molecule has 0 radical (unpaired) electrons. The van der Waals surface area contributed by atoms with Crippen LogP contribution in [-0.4, -0.2) is 48.5 Å². The second-order valence-electron chi connectivity index (χ2n) is 7.52. The van der Waals surface area contributed by atoms with Crippen molar-refractivity contribution in [2.45, 2.75) is 24.7 Å². The van der Waals surface area contributed by atoms with Gasteiger partial charge in [0.05, 0.1) is 17.4 Å². The number of anilines is 1. The van der Waals surface area contributed by atoms with Crippen LogP contribution in [0.3, 0.4) is 0 Å². The zero-order chi connectivity index (χ0) is 23.4. The van der Waals surface area contributed by atoms with Gasteiger partial charge in [0.15, 0.2) is 0 Å². The summed E-state index contributed by atoms with van der Waals surface area (Å²) in [5, 5.41) is 10.4. The number of carbonyl (C=O) groups is 1. The Morgan fingerprint density at radius 2 is 1.91 bits per heavy atom. The van der Waals surface area contributed by atoms with E-state index in [-0.39, 0.29) is 29.9 Å². The van der Waals surface area contributed by atoms with E-state index < -0.39 is 27.7 Å². The molecular formula is C22H23FN4O5S. The Morgan fingerprint density at radius 3 is 2.61 bits per heavy atom. The minimum Gasteiger partial charge on any atom is -0.494 e. The molecule has 1 aromatic heterocycles. The van der Waals surface area contributed by atoms with Gasteiger partial charge in [0.25, 0.3) is 0 Å². The maximum atomic E-state index is 13.2. The summed E-state index contributed by atoms with van der Waals surface area (Å²) < 4.78 is 51.1. The molecule has 0 saturated carbocycles. The lowest BCUT2D eigenvalue weighted by Gasteiger charge is -2.30. The van der Waals surface area contributed by atoms with Gasteiger partial charge in [-0.1, -0.05) is 5.10 Å². The van der Waals surface area contributed by atoms with Crippen LogP contribution < -0.4 is 10.1 Å². The van der Waals surface area contributed by atoms with Crippen molar-refractivity contribution in [2.75, 3.05) is 25.0 Å². The summed E-state index contributed by atoms with van der Waals surface area (Å²) >= 11 is 0. The molecule has 11 heteroatoms. The highest BCUT2D eigenvalue weighted by atomic mass is 32.2. The molecule has 1 amide bonds. The van der Waals surface area contributed by atoms with Crippen LogP contribution in [0.5, 0.6) is 5.75 Å². The molecule has 0 aliphatic carbocycles. The lowest BCUT2D eigenvalue weighted by molar-refractivity contribution is -0.121. The second-order valence-corrected chi connectivity index (χ2v) is 9.45. The van der Waals surface area contributed by atoms with Crippen molar-refractivity contribution in [2.24, 2.45) is 5.92 Å². The fourth-order valence-corrected chi connectivity index (χ4v) is 5.11. The summed E-state index contributed by atoms with van der Waals surface area (Å²) in [5.41, 5.74) is 0.667. The van der Waals surface area contributed by atoms with E-state index in [4.69, 9.17) is 9.15 Å². The van der Waals surface area contributed by atoms with Crippen molar-refractivity contribution in [3.63, 3.8) is 0 Å². The molecule has 1 N–H and O–H groups in total. The monoisotopic (exact) mass is 474 g/mol. The quantitative estimate of drug-likeness (QED) is 0.559. The third-order valence-corrected chi connectivity index (χ3v) is 7.15. The summed E-state index contributed by atoms with van der Waals surface area (Å²) in [6, 6.07) is 11.6. The maximum absolute atomic E-state index is 13.2. The number of amides is 1. The molecule has 1 atom stereocenters. The molecule has 9 nitrogen and oxygen atoms in total. The number of hydrogen-bond donors (Lipinski definition) is 1. The molecule has 2 heterocycles. The first kappa shape index (κ1) is 22.9. The number of piperidine rings is 1. The minimum absolute atomic E-state index is 0.00538. The van der Waals surface area contributed by atoms with Gasteiger partial charge in [-0.2, -0.15) is 4.31 Å². The predicted octanol–water partition coefficient (Wildman–Crippen LogP) is 3.31. The third kappa shape index (κ3) is 5.20. The van der Waals surface area contributed by atoms with Crippen molar-refractivity contribution in [1.82, 2.24) is 14.5 Å². The average Bonchev–Trinajstić information content (AvgIpc) is 3.28. The Morgan fingerprint density at radius 1 is 1.18 bits per heavy atom. The van der Waals surface area contributed by atoms with Crippen molar-refractivity contribution in [3.8, 4) is 17.2 Å². The maximum Gasteiger partial charge on any atom is 0.322 e. The average molecular weight is 475 g/mol. The largest absolute Gasteiger partial charge is 0.494 e. The van der Waals surface area contributed by atoms with Crippen LogP contribution in [0.4, 0.5) is 10.4 Å². The number of halogens is 1. The van der Waals surface area contributed by atoms with Gasteiger partial charge in [-0.3, -0.25) is 10.1 Å². The number of ether oxygens (including phenoxy) is 1. The molecular weight excluding hydrogens is 451 g/mol. The Bertz CT molecular complexity index is 1210. The number of rotatable bonds is 7. The van der Waals surface area contributed by atoms with Crippen molar-refractivity contribution < 1.29 is 26.8 Å². The molecule has 4 rings (SSSR count). The molecule has 3 aromatic rings. The Balaban J connectivity index is 1.41. The van der Waals surface area contributed by atoms with Gasteiger partial charge in [0.2, 0.25) is 21.8 Å². The van der Waals surface area contributed by atoms with Crippen LogP contribution in [0.1, 0.15) is 19.8 Å². The Hall–Kier alpha value is -3.31. The van der Waals surface area contributed by atoms with Gasteiger partial charge in [-0.15, -0.1) is 5.10 Å². The van der Waals surface area contributed by atoms with Crippen molar-refractivity contribution in [3.05, 3.63) is 54.3 Å². The van der Waals surface area contributed by atoms with Crippen LogP contribution >= 0.6 is 0 Å². The molecule has 1 aliphatic heterocycles. The summed E-state index contributed by atoms with van der Waals surface area (Å²) in [5.74, 6) is -0.566. The SMILES string of the molecule is CCOc1ccc(-c2nnc(NC(=O)C3CCCN(S(=O)(=O)c4ccc(F)cc4)C3)o2)cc1. The van der Waals surface area contributed by atoms with E-state index in [2.05, 4.69) is 15.5 Å². The van der Waals surface area contributed by atoms with Crippen molar-refractivity contribution in [1.29, 1.82) is 0 Å². The first-order valence-electron chi connectivity index (χ1n) is 10.5. The first-order chi connectivity index (χ1) is 15.9.